The van der Waals surface area contributed by atoms with Gasteiger partial charge in [-0.1, -0.05) is 6.07 Å². The summed E-state index contributed by atoms with van der Waals surface area (Å²) in [5, 5.41) is 7.04. The molecule has 4 aromatic heterocycles. The molecule has 0 bridgehead atoms. The van der Waals surface area contributed by atoms with Gasteiger partial charge in [0.2, 0.25) is 11.9 Å². The van der Waals surface area contributed by atoms with Gasteiger partial charge in [-0.15, -0.1) is 11.3 Å². The molecule has 1 amide bonds. The molecule has 5 rings (SSSR count). The van der Waals surface area contributed by atoms with Gasteiger partial charge in [0, 0.05) is 35.2 Å². The lowest BCUT2D eigenvalue weighted by atomic mass is 10.1. The smallest absolute Gasteiger partial charge is 0.244 e. The van der Waals surface area contributed by atoms with Gasteiger partial charge in [0.15, 0.2) is 0 Å². The molecular formula is C20H18N6OS. The monoisotopic (exact) mass is 390 g/mol. The van der Waals surface area contributed by atoms with E-state index in [-0.39, 0.29) is 11.9 Å². The van der Waals surface area contributed by atoms with E-state index in [0.29, 0.717) is 12.5 Å². The van der Waals surface area contributed by atoms with Crippen molar-refractivity contribution in [2.45, 2.75) is 19.5 Å². The number of fused-ring (bicyclic) bond motifs is 2. The number of aromatic nitrogens is 4. The second-order valence-electron chi connectivity index (χ2n) is 6.74. The van der Waals surface area contributed by atoms with Crippen LogP contribution in [0.25, 0.3) is 32.0 Å². The second kappa shape index (κ2) is 6.42. The van der Waals surface area contributed by atoms with E-state index < -0.39 is 0 Å². The average Bonchev–Trinajstić information content (AvgIpc) is 3.38. The van der Waals surface area contributed by atoms with Gasteiger partial charge in [-0.25, -0.2) is 4.98 Å². The first kappa shape index (κ1) is 16.9. The molecule has 2 N–H and O–H groups in total. The number of hydrogen-bond donors (Lipinski definition) is 2. The minimum Gasteiger partial charge on any atom is -0.357 e. The number of nitrogens with zero attached hydrogens (tertiary/aromatic N) is 4. The number of pyridine rings is 2. The van der Waals surface area contributed by atoms with Crippen molar-refractivity contribution in [3.05, 3.63) is 48.4 Å². The highest BCUT2D eigenvalue weighted by Crippen LogP contribution is 2.41. The molecule has 1 unspecified atom stereocenters. The molecule has 1 aliphatic heterocycles. The van der Waals surface area contributed by atoms with E-state index in [1.54, 1.807) is 24.6 Å². The molecule has 0 fully saturated rings. The van der Waals surface area contributed by atoms with E-state index in [4.69, 9.17) is 4.98 Å². The van der Waals surface area contributed by atoms with Crippen molar-refractivity contribution in [2.75, 3.05) is 12.4 Å². The van der Waals surface area contributed by atoms with Crippen molar-refractivity contribution in [1.82, 2.24) is 24.8 Å². The number of likely N-dealkylation sites (N-methyl/N-ethyl adjacent to an activating group) is 1. The Labute approximate surface area is 165 Å². The average molecular weight is 390 g/mol. The summed E-state index contributed by atoms with van der Waals surface area (Å²) < 4.78 is 3.25. The van der Waals surface area contributed by atoms with Crippen molar-refractivity contribution in [1.29, 1.82) is 0 Å². The van der Waals surface area contributed by atoms with Gasteiger partial charge in [-0.05, 0) is 31.2 Å². The zero-order chi connectivity index (χ0) is 19.3. The van der Waals surface area contributed by atoms with Gasteiger partial charge in [0.1, 0.15) is 11.7 Å². The van der Waals surface area contributed by atoms with Crippen LogP contribution in [0, 0.1) is 6.92 Å². The van der Waals surface area contributed by atoms with Crippen molar-refractivity contribution >= 4 is 33.3 Å². The molecule has 28 heavy (non-hydrogen) atoms. The minimum absolute atomic E-state index is 0.0489. The van der Waals surface area contributed by atoms with Crippen LogP contribution in [0.2, 0.25) is 0 Å². The Balaban J connectivity index is 1.70. The predicted octanol–water partition coefficient (Wildman–Crippen LogP) is 3.07. The van der Waals surface area contributed by atoms with Crippen LogP contribution >= 0.6 is 11.3 Å². The molecule has 4 aromatic rings. The molecule has 1 aliphatic rings. The highest BCUT2D eigenvalue weighted by atomic mass is 32.1. The Hall–Kier alpha value is -3.26. The molecule has 0 saturated carbocycles. The Kier molecular flexibility index (Phi) is 3.87. The first-order valence-corrected chi connectivity index (χ1v) is 9.82. The largest absolute Gasteiger partial charge is 0.357 e. The summed E-state index contributed by atoms with van der Waals surface area (Å²) in [7, 11) is 1.65. The van der Waals surface area contributed by atoms with E-state index in [0.717, 1.165) is 37.7 Å². The summed E-state index contributed by atoms with van der Waals surface area (Å²) in [4.78, 5) is 26.9. The number of thiophene rings is 1. The van der Waals surface area contributed by atoms with Gasteiger partial charge in [-0.2, -0.15) is 0 Å². The number of nitrogens with one attached hydrogen (secondary N) is 2. The van der Waals surface area contributed by atoms with Crippen LogP contribution in [0.1, 0.15) is 5.69 Å². The minimum atomic E-state index is -0.332. The van der Waals surface area contributed by atoms with E-state index >= 15 is 0 Å². The fraction of sp³-hybridized carbons (Fsp3) is 0.200. The van der Waals surface area contributed by atoms with Crippen LogP contribution in [0.15, 0.2) is 42.7 Å². The Morgan fingerprint density at radius 1 is 1.32 bits per heavy atom. The third-order valence-corrected chi connectivity index (χ3v) is 6.00. The number of amides is 1. The Morgan fingerprint density at radius 3 is 3.00 bits per heavy atom. The first-order chi connectivity index (χ1) is 13.6. The lowest BCUT2D eigenvalue weighted by molar-refractivity contribution is -0.121. The predicted molar refractivity (Wildman–Crippen MR) is 110 cm³/mol. The van der Waals surface area contributed by atoms with Crippen molar-refractivity contribution in [2.24, 2.45) is 0 Å². The number of aryl methyl sites for hydroxylation is 1. The number of hydrogen-bond acceptors (Lipinski definition) is 6. The standard InChI is InChI=1S/C20H18N6OS/c1-11-4-3-5-13(23-11)17-18(16-8-12-9-22-7-6-15(12)28-16)26-10-14(19(27)21-2)24-20(26)25-17/h3-9,14H,10H2,1-2H3,(H,21,27)(H,24,25). The molecule has 5 heterocycles. The SMILES string of the molecule is CNC(=O)C1Cn2c(nc(-c3cccc(C)n3)c2-c2cc3cnccc3s2)N1. The van der Waals surface area contributed by atoms with Crippen molar-refractivity contribution in [3.63, 3.8) is 0 Å². The first-order valence-electron chi connectivity index (χ1n) is 9.00. The molecule has 0 radical (unpaired) electrons. The zero-order valence-corrected chi connectivity index (χ0v) is 16.2. The van der Waals surface area contributed by atoms with Gasteiger partial charge < -0.3 is 15.2 Å². The van der Waals surface area contributed by atoms with Gasteiger partial charge in [0.05, 0.1) is 22.8 Å². The maximum atomic E-state index is 12.1. The van der Waals surface area contributed by atoms with Crippen LogP contribution in [0.4, 0.5) is 5.95 Å². The lowest BCUT2D eigenvalue weighted by Gasteiger charge is -2.10. The molecule has 140 valence electrons. The maximum Gasteiger partial charge on any atom is 0.244 e. The molecule has 0 saturated heterocycles. The summed E-state index contributed by atoms with van der Waals surface area (Å²) in [6.07, 6.45) is 3.67. The second-order valence-corrected chi connectivity index (χ2v) is 7.83. The van der Waals surface area contributed by atoms with Crippen molar-refractivity contribution in [3.8, 4) is 22.0 Å². The molecule has 0 spiro atoms. The number of anilines is 1. The highest BCUT2D eigenvalue weighted by Gasteiger charge is 2.32. The van der Waals surface area contributed by atoms with E-state index in [9.17, 15) is 4.79 Å². The van der Waals surface area contributed by atoms with E-state index in [1.807, 2.05) is 37.4 Å². The quantitative estimate of drug-likeness (QED) is 0.562. The molecule has 1 atom stereocenters. The number of carbonyl (C=O) groups excluding carboxylic acids is 1. The molecule has 7 nitrogen and oxygen atoms in total. The fourth-order valence-corrected chi connectivity index (χ4v) is 4.64. The number of imidazole rings is 1. The van der Waals surface area contributed by atoms with Gasteiger partial charge >= 0.3 is 0 Å². The van der Waals surface area contributed by atoms with Crippen LogP contribution in [-0.4, -0.2) is 38.5 Å². The van der Waals surface area contributed by atoms with Crippen LogP contribution in [0.3, 0.4) is 0 Å². The summed E-state index contributed by atoms with van der Waals surface area (Å²) in [6.45, 7) is 2.49. The number of carbonyl (C=O) groups is 1. The molecule has 8 heteroatoms. The van der Waals surface area contributed by atoms with Crippen LogP contribution in [-0.2, 0) is 11.3 Å². The highest BCUT2D eigenvalue weighted by molar-refractivity contribution is 7.22. The third kappa shape index (κ3) is 2.65. The third-order valence-electron chi connectivity index (χ3n) is 4.88. The normalized spacial score (nSPS) is 15.4. The Morgan fingerprint density at radius 2 is 2.21 bits per heavy atom. The van der Waals surface area contributed by atoms with Crippen molar-refractivity contribution < 1.29 is 4.79 Å². The summed E-state index contributed by atoms with van der Waals surface area (Å²) in [5.74, 6) is 0.643. The lowest BCUT2D eigenvalue weighted by Crippen LogP contribution is -2.36. The van der Waals surface area contributed by atoms with Crippen LogP contribution in [0.5, 0.6) is 0 Å². The summed E-state index contributed by atoms with van der Waals surface area (Å²) in [6, 6.07) is 9.74. The Bertz CT molecular complexity index is 1180. The van der Waals surface area contributed by atoms with E-state index in [2.05, 4.69) is 31.2 Å². The zero-order valence-electron chi connectivity index (χ0n) is 15.4. The summed E-state index contributed by atoms with van der Waals surface area (Å²) in [5.41, 5.74) is 3.56. The molecule has 0 aromatic carbocycles. The number of rotatable bonds is 3. The van der Waals surface area contributed by atoms with Gasteiger partial charge in [-0.3, -0.25) is 14.8 Å². The molecular weight excluding hydrogens is 372 g/mol. The fourth-order valence-electron chi connectivity index (χ4n) is 3.55. The summed E-state index contributed by atoms with van der Waals surface area (Å²) >= 11 is 1.69. The van der Waals surface area contributed by atoms with E-state index in [1.165, 1.54) is 0 Å². The van der Waals surface area contributed by atoms with Gasteiger partial charge in [0.25, 0.3) is 0 Å². The molecule has 0 aliphatic carbocycles. The maximum absolute atomic E-state index is 12.1. The van der Waals surface area contributed by atoms with Crippen LogP contribution < -0.4 is 10.6 Å². The topological polar surface area (TPSA) is 84.7 Å².